The minimum atomic E-state index is -0.414. The van der Waals surface area contributed by atoms with Crippen LogP contribution in [-0.2, 0) is 4.79 Å². The highest BCUT2D eigenvalue weighted by molar-refractivity contribution is 8.00. The molecular formula is C21H20ClN3O3S. The highest BCUT2D eigenvalue weighted by Gasteiger charge is 2.20. The lowest BCUT2D eigenvalue weighted by molar-refractivity contribution is -0.116. The van der Waals surface area contributed by atoms with Gasteiger partial charge in [0.25, 0.3) is 5.22 Å². The van der Waals surface area contributed by atoms with Gasteiger partial charge in [-0.3, -0.25) is 9.59 Å². The number of hydrogen-bond acceptors (Lipinski definition) is 6. The second-order valence-corrected chi connectivity index (χ2v) is 8.11. The second kappa shape index (κ2) is 9.71. The van der Waals surface area contributed by atoms with Crippen molar-refractivity contribution < 1.29 is 14.0 Å². The quantitative estimate of drug-likeness (QED) is 0.376. The summed E-state index contributed by atoms with van der Waals surface area (Å²) in [5.41, 5.74) is 1.94. The van der Waals surface area contributed by atoms with E-state index in [9.17, 15) is 9.59 Å². The van der Waals surface area contributed by atoms with Crippen LogP contribution in [-0.4, -0.2) is 27.1 Å². The fourth-order valence-corrected chi connectivity index (χ4v) is 3.55. The molecule has 29 heavy (non-hydrogen) atoms. The number of benzene rings is 2. The summed E-state index contributed by atoms with van der Waals surface area (Å²) in [6, 6.07) is 14.0. The third-order valence-electron chi connectivity index (χ3n) is 4.06. The van der Waals surface area contributed by atoms with Crippen LogP contribution < -0.4 is 5.32 Å². The molecule has 3 aromatic rings. The van der Waals surface area contributed by atoms with E-state index in [0.717, 1.165) is 12.0 Å². The molecule has 1 N–H and O–H groups in total. The van der Waals surface area contributed by atoms with Gasteiger partial charge in [-0.25, -0.2) is 0 Å². The zero-order valence-electron chi connectivity index (χ0n) is 16.0. The first-order valence-corrected chi connectivity index (χ1v) is 10.4. The Morgan fingerprint density at radius 1 is 1.17 bits per heavy atom. The minimum Gasteiger partial charge on any atom is -0.411 e. The first kappa shape index (κ1) is 21.1. The van der Waals surface area contributed by atoms with Crippen molar-refractivity contribution in [2.24, 2.45) is 0 Å². The van der Waals surface area contributed by atoms with Crippen molar-refractivity contribution in [2.45, 2.75) is 37.2 Å². The van der Waals surface area contributed by atoms with E-state index < -0.39 is 5.25 Å². The number of nitrogens with one attached hydrogen (secondary N) is 1. The third-order valence-corrected chi connectivity index (χ3v) is 5.22. The topological polar surface area (TPSA) is 85.1 Å². The van der Waals surface area contributed by atoms with Crippen molar-refractivity contribution in [2.75, 3.05) is 5.32 Å². The Morgan fingerprint density at radius 3 is 2.62 bits per heavy atom. The maximum atomic E-state index is 12.7. The molecule has 1 atom stereocenters. The molecule has 1 unspecified atom stereocenters. The fourth-order valence-electron chi connectivity index (χ4n) is 2.60. The van der Waals surface area contributed by atoms with Gasteiger partial charge in [0.05, 0.1) is 5.25 Å². The zero-order valence-corrected chi connectivity index (χ0v) is 17.6. The summed E-state index contributed by atoms with van der Waals surface area (Å²) in [4.78, 5) is 24.3. The Labute approximate surface area is 178 Å². The molecule has 8 heteroatoms. The van der Waals surface area contributed by atoms with E-state index in [2.05, 4.69) is 15.5 Å². The average Bonchev–Trinajstić information content (AvgIpc) is 3.16. The lowest BCUT2D eigenvalue weighted by atomic mass is 10.1. The Hall–Kier alpha value is -2.64. The molecular weight excluding hydrogens is 410 g/mol. The number of hydrogen-bond donors (Lipinski definition) is 1. The zero-order chi connectivity index (χ0) is 20.8. The van der Waals surface area contributed by atoms with Gasteiger partial charge in [0.15, 0.2) is 5.78 Å². The van der Waals surface area contributed by atoms with Crippen LogP contribution in [0.15, 0.2) is 58.2 Å². The molecule has 0 radical (unpaired) electrons. The molecule has 150 valence electrons. The predicted octanol–water partition coefficient (Wildman–Crippen LogP) is 5.49. The van der Waals surface area contributed by atoms with Crippen LogP contribution in [0.4, 0.5) is 5.69 Å². The van der Waals surface area contributed by atoms with Crippen molar-refractivity contribution in [3.8, 4) is 11.5 Å². The van der Waals surface area contributed by atoms with E-state index in [4.69, 9.17) is 16.0 Å². The monoisotopic (exact) mass is 429 g/mol. The number of anilines is 1. The summed E-state index contributed by atoms with van der Waals surface area (Å²) < 4.78 is 5.65. The van der Waals surface area contributed by atoms with Gasteiger partial charge in [0.1, 0.15) is 0 Å². The number of rotatable bonds is 8. The first-order chi connectivity index (χ1) is 14.0. The predicted molar refractivity (Wildman–Crippen MR) is 114 cm³/mol. The van der Waals surface area contributed by atoms with Crippen molar-refractivity contribution in [3.05, 3.63) is 59.1 Å². The number of Topliss-reactive ketones (excluding diaryl/α,β-unsaturated/α-hetero) is 1. The highest BCUT2D eigenvalue weighted by Crippen LogP contribution is 2.29. The molecule has 0 aliphatic carbocycles. The largest absolute Gasteiger partial charge is 0.411 e. The lowest BCUT2D eigenvalue weighted by Crippen LogP contribution is -2.14. The molecule has 1 amide bonds. The summed E-state index contributed by atoms with van der Waals surface area (Å²) in [6.45, 7) is 3.73. The number of thioether (sulfide) groups is 1. The van der Waals surface area contributed by atoms with Gasteiger partial charge >= 0.3 is 0 Å². The molecule has 0 aliphatic heterocycles. The van der Waals surface area contributed by atoms with Crippen molar-refractivity contribution in [1.29, 1.82) is 0 Å². The SMILES string of the molecule is CCCC(=O)Nc1ccc(C(=O)C(C)Sc2nnc(-c3cccc(Cl)c3)o2)cc1. The summed E-state index contributed by atoms with van der Waals surface area (Å²) >= 11 is 7.18. The van der Waals surface area contributed by atoms with Crippen LogP contribution in [0.5, 0.6) is 0 Å². The standard InChI is InChI=1S/C21H20ClN3O3S/c1-3-5-18(26)23-17-10-8-14(9-11-17)19(27)13(2)29-21-25-24-20(28-21)15-6-4-7-16(22)12-15/h4,6-13H,3,5H2,1-2H3,(H,23,26). The number of carbonyl (C=O) groups is 2. The van der Waals surface area contributed by atoms with Crippen LogP contribution >= 0.6 is 23.4 Å². The Kier molecular flexibility index (Phi) is 7.06. The maximum absolute atomic E-state index is 12.7. The number of halogens is 1. The molecule has 0 saturated heterocycles. The lowest BCUT2D eigenvalue weighted by Gasteiger charge is -2.09. The van der Waals surface area contributed by atoms with Gasteiger partial charge in [-0.15, -0.1) is 10.2 Å². The molecule has 3 rings (SSSR count). The summed E-state index contributed by atoms with van der Waals surface area (Å²) in [6.07, 6.45) is 1.25. The second-order valence-electron chi connectivity index (χ2n) is 6.38. The summed E-state index contributed by atoms with van der Waals surface area (Å²) in [7, 11) is 0. The van der Waals surface area contributed by atoms with Crippen LogP contribution in [0.3, 0.4) is 0 Å². The smallest absolute Gasteiger partial charge is 0.277 e. The molecule has 0 bridgehead atoms. The normalized spacial score (nSPS) is 11.8. The van der Waals surface area contributed by atoms with Gasteiger partial charge in [-0.05, 0) is 55.8 Å². The van der Waals surface area contributed by atoms with E-state index >= 15 is 0 Å². The molecule has 1 heterocycles. The van der Waals surface area contributed by atoms with Crippen molar-refractivity contribution in [3.63, 3.8) is 0 Å². The van der Waals surface area contributed by atoms with Gasteiger partial charge in [0.2, 0.25) is 11.8 Å². The third kappa shape index (κ3) is 5.68. The van der Waals surface area contributed by atoms with E-state index in [1.54, 1.807) is 49.4 Å². The van der Waals surface area contributed by atoms with E-state index in [1.165, 1.54) is 11.8 Å². The van der Waals surface area contributed by atoms with E-state index in [0.29, 0.717) is 33.8 Å². The highest BCUT2D eigenvalue weighted by atomic mass is 35.5. The molecule has 6 nitrogen and oxygen atoms in total. The van der Waals surface area contributed by atoms with Crippen LogP contribution in [0, 0.1) is 0 Å². The molecule has 0 spiro atoms. The number of carbonyl (C=O) groups excluding carboxylic acids is 2. The van der Waals surface area contributed by atoms with Gasteiger partial charge in [0, 0.05) is 28.3 Å². The van der Waals surface area contributed by atoms with Gasteiger partial charge in [-0.1, -0.05) is 36.4 Å². The van der Waals surface area contributed by atoms with Crippen LogP contribution in [0.2, 0.25) is 5.02 Å². The Balaban J connectivity index is 1.63. The van der Waals surface area contributed by atoms with Crippen LogP contribution in [0.25, 0.3) is 11.5 Å². The number of nitrogens with zero attached hydrogens (tertiary/aromatic N) is 2. The summed E-state index contributed by atoms with van der Waals surface area (Å²) in [5.74, 6) is 0.244. The first-order valence-electron chi connectivity index (χ1n) is 9.16. The van der Waals surface area contributed by atoms with Gasteiger partial charge < -0.3 is 9.73 Å². The van der Waals surface area contributed by atoms with Gasteiger partial charge in [-0.2, -0.15) is 0 Å². The number of aromatic nitrogens is 2. The minimum absolute atomic E-state index is 0.0394. The van der Waals surface area contributed by atoms with Crippen LogP contribution in [0.1, 0.15) is 37.0 Å². The molecule has 1 aromatic heterocycles. The van der Waals surface area contributed by atoms with E-state index in [1.807, 2.05) is 13.0 Å². The molecule has 2 aromatic carbocycles. The van der Waals surface area contributed by atoms with E-state index in [-0.39, 0.29) is 11.7 Å². The Morgan fingerprint density at radius 2 is 1.93 bits per heavy atom. The number of amides is 1. The molecule has 0 aliphatic rings. The molecule has 0 fully saturated rings. The fraction of sp³-hybridized carbons (Fsp3) is 0.238. The number of ketones is 1. The van der Waals surface area contributed by atoms with Crippen molar-refractivity contribution >= 4 is 40.7 Å². The summed E-state index contributed by atoms with van der Waals surface area (Å²) in [5, 5.41) is 11.3. The maximum Gasteiger partial charge on any atom is 0.277 e. The Bertz CT molecular complexity index is 1000. The average molecular weight is 430 g/mol. The molecule has 0 saturated carbocycles. The van der Waals surface area contributed by atoms with Crippen molar-refractivity contribution in [1.82, 2.24) is 10.2 Å².